The molecular weight excluding hydrogens is 252 g/mol. The predicted octanol–water partition coefficient (Wildman–Crippen LogP) is 6.29. The summed E-state index contributed by atoms with van der Waals surface area (Å²) in [6.45, 7) is 13.8. The molecule has 0 aromatic heterocycles. The number of rotatable bonds is 6. The van der Waals surface area contributed by atoms with Crippen molar-refractivity contribution in [1.29, 1.82) is 0 Å². The molecule has 0 aliphatic carbocycles. The molecule has 0 bridgehead atoms. The van der Waals surface area contributed by atoms with Gasteiger partial charge in [0, 0.05) is 0 Å². The van der Waals surface area contributed by atoms with Gasteiger partial charge in [-0.1, -0.05) is 80.0 Å². The van der Waals surface area contributed by atoms with Crippen molar-refractivity contribution in [3.8, 4) is 0 Å². The van der Waals surface area contributed by atoms with Crippen LogP contribution in [-0.2, 0) is 0 Å². The molecule has 0 aliphatic heterocycles. The van der Waals surface area contributed by atoms with Gasteiger partial charge in [-0.15, -0.1) is 0 Å². The Kier molecular flexibility index (Phi) is 6.97. The maximum atomic E-state index is 3.81. The van der Waals surface area contributed by atoms with Crippen molar-refractivity contribution in [2.75, 3.05) is 0 Å². The SMILES string of the molecule is C=C\C=C/C(=C/C=C\C)C(/C)=C/c1ccc(C=C)cc1C. The zero-order chi connectivity index (χ0) is 15.7. The van der Waals surface area contributed by atoms with Crippen molar-refractivity contribution in [3.05, 3.63) is 95.6 Å². The van der Waals surface area contributed by atoms with Crippen molar-refractivity contribution < 1.29 is 0 Å². The number of hydrogen-bond acceptors (Lipinski definition) is 0. The van der Waals surface area contributed by atoms with Gasteiger partial charge in [-0.3, -0.25) is 0 Å². The van der Waals surface area contributed by atoms with Crippen LogP contribution in [0.4, 0.5) is 0 Å². The topological polar surface area (TPSA) is 0 Å². The Hall–Kier alpha value is -2.34. The number of hydrogen-bond donors (Lipinski definition) is 0. The summed E-state index contributed by atoms with van der Waals surface area (Å²) < 4.78 is 0. The lowest BCUT2D eigenvalue weighted by Gasteiger charge is -2.06. The molecule has 0 atom stereocenters. The van der Waals surface area contributed by atoms with Gasteiger partial charge in [-0.25, -0.2) is 0 Å². The lowest BCUT2D eigenvalue weighted by Crippen LogP contribution is -1.86. The Morgan fingerprint density at radius 2 is 1.90 bits per heavy atom. The van der Waals surface area contributed by atoms with Crippen LogP contribution in [0, 0.1) is 6.92 Å². The van der Waals surface area contributed by atoms with E-state index in [0.29, 0.717) is 0 Å². The minimum Gasteiger partial charge on any atom is -0.0991 e. The van der Waals surface area contributed by atoms with Crippen LogP contribution in [0.1, 0.15) is 30.5 Å². The Balaban J connectivity index is 3.18. The second-order valence-corrected chi connectivity index (χ2v) is 4.89. The van der Waals surface area contributed by atoms with Crippen LogP contribution in [0.5, 0.6) is 0 Å². The summed E-state index contributed by atoms with van der Waals surface area (Å²) in [6, 6.07) is 6.38. The zero-order valence-corrected chi connectivity index (χ0v) is 13.3. The minimum atomic E-state index is 1.15. The number of aryl methyl sites for hydroxylation is 1. The lowest BCUT2D eigenvalue weighted by molar-refractivity contribution is 1.40. The van der Waals surface area contributed by atoms with Gasteiger partial charge in [0.05, 0.1) is 0 Å². The molecule has 0 heterocycles. The molecule has 0 saturated heterocycles. The average molecular weight is 276 g/mol. The molecular formula is C21H24. The van der Waals surface area contributed by atoms with Crippen LogP contribution in [0.15, 0.2) is 79.0 Å². The van der Waals surface area contributed by atoms with E-state index >= 15 is 0 Å². The molecule has 1 rings (SSSR count). The molecule has 0 radical (unpaired) electrons. The molecule has 0 heteroatoms. The first-order chi connectivity index (χ1) is 10.1. The minimum absolute atomic E-state index is 1.15. The van der Waals surface area contributed by atoms with E-state index in [9.17, 15) is 0 Å². The molecule has 0 saturated carbocycles. The van der Waals surface area contributed by atoms with E-state index in [4.69, 9.17) is 0 Å². The van der Waals surface area contributed by atoms with Crippen molar-refractivity contribution >= 4 is 12.2 Å². The highest BCUT2D eigenvalue weighted by molar-refractivity contribution is 5.64. The highest BCUT2D eigenvalue weighted by Crippen LogP contribution is 2.20. The number of benzene rings is 1. The monoisotopic (exact) mass is 276 g/mol. The molecule has 0 nitrogen and oxygen atoms in total. The fraction of sp³-hybridized carbons (Fsp3) is 0.143. The van der Waals surface area contributed by atoms with E-state index in [1.807, 2.05) is 31.2 Å². The smallest absolute Gasteiger partial charge is 0.0224 e. The third-order valence-corrected chi connectivity index (χ3v) is 3.24. The molecule has 0 spiro atoms. The summed E-state index contributed by atoms with van der Waals surface area (Å²) in [7, 11) is 0. The molecule has 1 aromatic rings. The summed E-state index contributed by atoms with van der Waals surface area (Å²) in [5.41, 5.74) is 6.04. The Bertz CT molecular complexity index is 619. The molecule has 0 fully saturated rings. The van der Waals surface area contributed by atoms with Gasteiger partial charge in [-0.2, -0.15) is 0 Å². The van der Waals surface area contributed by atoms with E-state index in [2.05, 4.69) is 63.4 Å². The normalized spacial score (nSPS) is 13.1. The van der Waals surface area contributed by atoms with E-state index in [1.54, 1.807) is 6.08 Å². The fourth-order valence-electron chi connectivity index (χ4n) is 1.99. The van der Waals surface area contributed by atoms with Gasteiger partial charge >= 0.3 is 0 Å². The molecule has 0 N–H and O–H groups in total. The maximum Gasteiger partial charge on any atom is -0.0224 e. The summed E-state index contributed by atoms with van der Waals surface area (Å²) in [5, 5.41) is 0. The summed E-state index contributed by atoms with van der Waals surface area (Å²) in [4.78, 5) is 0. The van der Waals surface area contributed by atoms with Gasteiger partial charge in [0.25, 0.3) is 0 Å². The first-order valence-corrected chi connectivity index (χ1v) is 7.16. The maximum absolute atomic E-state index is 3.81. The van der Waals surface area contributed by atoms with Crippen LogP contribution in [0.2, 0.25) is 0 Å². The lowest BCUT2D eigenvalue weighted by atomic mass is 9.99. The van der Waals surface area contributed by atoms with Crippen LogP contribution >= 0.6 is 0 Å². The van der Waals surface area contributed by atoms with Crippen LogP contribution in [0.3, 0.4) is 0 Å². The third-order valence-electron chi connectivity index (χ3n) is 3.24. The van der Waals surface area contributed by atoms with Crippen LogP contribution < -0.4 is 0 Å². The first-order valence-electron chi connectivity index (χ1n) is 7.16. The quantitative estimate of drug-likeness (QED) is 0.536. The summed E-state index contributed by atoms with van der Waals surface area (Å²) in [6.07, 6.45) is 16.1. The van der Waals surface area contributed by atoms with Crippen LogP contribution in [0.25, 0.3) is 12.2 Å². The first kappa shape index (κ1) is 16.7. The Morgan fingerprint density at radius 1 is 1.14 bits per heavy atom. The van der Waals surface area contributed by atoms with E-state index in [-0.39, 0.29) is 0 Å². The van der Waals surface area contributed by atoms with Crippen molar-refractivity contribution in [3.63, 3.8) is 0 Å². The zero-order valence-electron chi connectivity index (χ0n) is 13.3. The second kappa shape index (κ2) is 8.76. The standard InChI is InChI=1S/C21H24/c1-6-9-11-20(12-10-7-2)18(5)16-21-14-13-19(8-3)15-17(21)4/h6-16H,1,3H2,2,4-5H3/b10-7-,11-9-,18-16+,20-12-. The number of allylic oxidation sites excluding steroid dienone is 8. The van der Waals surface area contributed by atoms with Crippen molar-refractivity contribution in [2.24, 2.45) is 0 Å². The second-order valence-electron chi connectivity index (χ2n) is 4.89. The molecule has 0 amide bonds. The van der Waals surface area contributed by atoms with Gasteiger partial charge in [0.1, 0.15) is 0 Å². The third kappa shape index (κ3) is 5.27. The Morgan fingerprint density at radius 3 is 2.48 bits per heavy atom. The molecule has 21 heavy (non-hydrogen) atoms. The molecule has 0 aliphatic rings. The fourth-order valence-corrected chi connectivity index (χ4v) is 1.99. The van der Waals surface area contributed by atoms with Crippen LogP contribution in [-0.4, -0.2) is 0 Å². The summed E-state index contributed by atoms with van der Waals surface area (Å²) in [5.74, 6) is 0. The molecule has 0 unspecified atom stereocenters. The predicted molar refractivity (Wildman–Crippen MR) is 97.2 cm³/mol. The van der Waals surface area contributed by atoms with E-state index < -0.39 is 0 Å². The van der Waals surface area contributed by atoms with E-state index in [1.165, 1.54) is 22.3 Å². The van der Waals surface area contributed by atoms with Gasteiger partial charge < -0.3 is 0 Å². The van der Waals surface area contributed by atoms with Crippen molar-refractivity contribution in [2.45, 2.75) is 20.8 Å². The highest BCUT2D eigenvalue weighted by atomic mass is 14.0. The van der Waals surface area contributed by atoms with Gasteiger partial charge in [0.15, 0.2) is 0 Å². The largest absolute Gasteiger partial charge is 0.0991 e. The highest BCUT2D eigenvalue weighted by Gasteiger charge is 1.99. The summed E-state index contributed by atoms with van der Waals surface area (Å²) >= 11 is 0. The van der Waals surface area contributed by atoms with E-state index in [0.717, 1.165) is 5.56 Å². The van der Waals surface area contributed by atoms with Gasteiger partial charge in [0.2, 0.25) is 0 Å². The molecule has 108 valence electrons. The Labute approximate surface area is 129 Å². The van der Waals surface area contributed by atoms with Gasteiger partial charge in [-0.05, 0) is 48.6 Å². The molecule has 1 aromatic carbocycles. The van der Waals surface area contributed by atoms with Crippen molar-refractivity contribution in [1.82, 2.24) is 0 Å². The average Bonchev–Trinajstić information content (AvgIpc) is 2.49.